The molecule has 3 heteroatoms. The maximum absolute atomic E-state index is 13.7. The topological polar surface area (TPSA) is 21.3 Å². The van der Waals surface area contributed by atoms with E-state index >= 15 is 0 Å². The van der Waals surface area contributed by atoms with Crippen LogP contribution >= 0.6 is 0 Å². The Kier molecular flexibility index (Phi) is 2.86. The first-order valence-electron chi connectivity index (χ1n) is 7.10. The molecule has 108 valence electrons. The van der Waals surface area contributed by atoms with Crippen LogP contribution < -0.4 is 10.1 Å². The highest BCUT2D eigenvalue weighted by molar-refractivity contribution is 5.98. The third-order valence-corrected chi connectivity index (χ3v) is 3.99. The summed E-state index contributed by atoms with van der Waals surface area (Å²) in [4.78, 5) is 0. The molecule has 1 aliphatic rings. The van der Waals surface area contributed by atoms with Crippen LogP contribution in [-0.4, -0.2) is 7.11 Å². The smallest absolute Gasteiger partial charge is 0.125 e. The first-order chi connectivity index (χ1) is 10.8. The minimum absolute atomic E-state index is 0.255. The van der Waals surface area contributed by atoms with Crippen molar-refractivity contribution < 1.29 is 9.13 Å². The molecular weight excluding hydrogens is 277 g/mol. The molecule has 2 nitrogen and oxygen atoms in total. The molecule has 22 heavy (non-hydrogen) atoms. The SMILES string of the molecule is COc1ccc2c(c1)Nc1cc(F)ccc1-c1ccccc1-2. The Morgan fingerprint density at radius 1 is 0.773 bits per heavy atom. The van der Waals surface area contributed by atoms with Crippen molar-refractivity contribution in [1.82, 2.24) is 0 Å². The van der Waals surface area contributed by atoms with Crippen molar-refractivity contribution in [3.05, 3.63) is 66.5 Å². The van der Waals surface area contributed by atoms with E-state index in [0.29, 0.717) is 0 Å². The van der Waals surface area contributed by atoms with Crippen molar-refractivity contribution in [2.45, 2.75) is 0 Å². The van der Waals surface area contributed by atoms with E-state index in [-0.39, 0.29) is 5.82 Å². The number of ether oxygens (including phenoxy) is 1. The van der Waals surface area contributed by atoms with Gasteiger partial charge in [0.25, 0.3) is 0 Å². The van der Waals surface area contributed by atoms with Crippen LogP contribution in [-0.2, 0) is 0 Å². The summed E-state index contributed by atoms with van der Waals surface area (Å²) in [7, 11) is 1.64. The fraction of sp³-hybridized carbons (Fsp3) is 0.0526. The van der Waals surface area contributed by atoms with Crippen LogP contribution in [0.1, 0.15) is 0 Å². The number of rotatable bonds is 1. The summed E-state index contributed by atoms with van der Waals surface area (Å²) in [6.45, 7) is 0. The first kappa shape index (κ1) is 12.9. The monoisotopic (exact) mass is 291 g/mol. The number of hydrogen-bond donors (Lipinski definition) is 1. The van der Waals surface area contributed by atoms with E-state index in [1.54, 1.807) is 7.11 Å². The molecule has 4 rings (SSSR count). The van der Waals surface area contributed by atoms with Gasteiger partial charge in [0.1, 0.15) is 11.6 Å². The van der Waals surface area contributed by atoms with Gasteiger partial charge in [0, 0.05) is 22.9 Å². The van der Waals surface area contributed by atoms with Crippen LogP contribution in [0, 0.1) is 5.82 Å². The maximum Gasteiger partial charge on any atom is 0.125 e. The van der Waals surface area contributed by atoms with Crippen LogP contribution in [0.4, 0.5) is 15.8 Å². The summed E-state index contributed by atoms with van der Waals surface area (Å²) in [5, 5.41) is 3.35. The van der Waals surface area contributed by atoms with Gasteiger partial charge in [-0.1, -0.05) is 24.3 Å². The Hall–Kier alpha value is -2.81. The van der Waals surface area contributed by atoms with E-state index in [2.05, 4.69) is 17.4 Å². The molecule has 1 N–H and O–H groups in total. The average Bonchev–Trinajstić information content (AvgIpc) is 2.68. The Morgan fingerprint density at radius 3 is 2.09 bits per heavy atom. The fourth-order valence-electron chi connectivity index (χ4n) is 2.94. The van der Waals surface area contributed by atoms with Crippen molar-refractivity contribution in [1.29, 1.82) is 0 Å². The van der Waals surface area contributed by atoms with Gasteiger partial charge in [-0.2, -0.15) is 0 Å². The zero-order valence-corrected chi connectivity index (χ0v) is 12.1. The Labute approximate surface area is 128 Å². The molecular formula is C19H14FNO. The lowest BCUT2D eigenvalue weighted by atomic mass is 9.94. The number of benzene rings is 3. The third-order valence-electron chi connectivity index (χ3n) is 3.99. The first-order valence-corrected chi connectivity index (χ1v) is 7.10. The van der Waals surface area contributed by atoms with Gasteiger partial charge in [0.2, 0.25) is 0 Å². The molecule has 0 aliphatic carbocycles. The van der Waals surface area contributed by atoms with Gasteiger partial charge in [-0.05, 0) is 41.5 Å². The van der Waals surface area contributed by atoms with Crippen molar-refractivity contribution in [3.8, 4) is 28.0 Å². The highest BCUT2D eigenvalue weighted by Crippen LogP contribution is 2.45. The largest absolute Gasteiger partial charge is 0.497 e. The van der Waals surface area contributed by atoms with E-state index in [4.69, 9.17) is 4.74 Å². The fourth-order valence-corrected chi connectivity index (χ4v) is 2.94. The van der Waals surface area contributed by atoms with E-state index < -0.39 is 0 Å². The van der Waals surface area contributed by atoms with Crippen molar-refractivity contribution in [2.24, 2.45) is 0 Å². The molecule has 0 aromatic heterocycles. The molecule has 1 aliphatic heterocycles. The average molecular weight is 291 g/mol. The second-order valence-electron chi connectivity index (χ2n) is 5.27. The Balaban J connectivity index is 2.06. The third kappa shape index (κ3) is 1.94. The van der Waals surface area contributed by atoms with Gasteiger partial charge < -0.3 is 10.1 Å². The van der Waals surface area contributed by atoms with Crippen molar-refractivity contribution in [3.63, 3.8) is 0 Å². The number of anilines is 2. The highest BCUT2D eigenvalue weighted by atomic mass is 19.1. The van der Waals surface area contributed by atoms with E-state index in [1.165, 1.54) is 12.1 Å². The van der Waals surface area contributed by atoms with Gasteiger partial charge >= 0.3 is 0 Å². The summed E-state index contributed by atoms with van der Waals surface area (Å²) >= 11 is 0. The molecule has 0 bridgehead atoms. The van der Waals surface area contributed by atoms with Crippen molar-refractivity contribution >= 4 is 11.4 Å². The molecule has 0 spiro atoms. The van der Waals surface area contributed by atoms with E-state index in [1.807, 2.05) is 36.4 Å². The van der Waals surface area contributed by atoms with Gasteiger partial charge in [-0.3, -0.25) is 0 Å². The second-order valence-corrected chi connectivity index (χ2v) is 5.27. The van der Waals surface area contributed by atoms with Crippen LogP contribution in [0.15, 0.2) is 60.7 Å². The number of fused-ring (bicyclic) bond motifs is 5. The van der Waals surface area contributed by atoms with Crippen LogP contribution in [0.2, 0.25) is 0 Å². The van der Waals surface area contributed by atoms with E-state index in [9.17, 15) is 4.39 Å². The van der Waals surface area contributed by atoms with Gasteiger partial charge in [0.05, 0.1) is 12.8 Å². The van der Waals surface area contributed by atoms with Gasteiger partial charge in [-0.15, -0.1) is 0 Å². The number of methoxy groups -OCH3 is 1. The van der Waals surface area contributed by atoms with E-state index in [0.717, 1.165) is 39.4 Å². The van der Waals surface area contributed by atoms with Gasteiger partial charge in [0.15, 0.2) is 0 Å². The molecule has 0 saturated heterocycles. The molecule has 0 fully saturated rings. The number of halogens is 1. The summed E-state index contributed by atoms with van der Waals surface area (Å²) in [6, 6.07) is 18.9. The summed E-state index contributed by atoms with van der Waals surface area (Å²) in [5.74, 6) is 0.513. The number of nitrogens with one attached hydrogen (secondary N) is 1. The van der Waals surface area contributed by atoms with Crippen LogP contribution in [0.3, 0.4) is 0 Å². The molecule has 1 heterocycles. The lowest BCUT2D eigenvalue weighted by Crippen LogP contribution is -1.94. The zero-order valence-electron chi connectivity index (χ0n) is 12.1. The van der Waals surface area contributed by atoms with Crippen LogP contribution in [0.25, 0.3) is 22.3 Å². The minimum atomic E-state index is -0.255. The second kappa shape index (κ2) is 4.88. The predicted octanol–water partition coefficient (Wildman–Crippen LogP) is 5.23. The minimum Gasteiger partial charge on any atom is -0.497 e. The summed E-state index contributed by atoms with van der Waals surface area (Å²) in [5.41, 5.74) is 5.96. The maximum atomic E-state index is 13.7. The highest BCUT2D eigenvalue weighted by Gasteiger charge is 2.19. The Bertz CT molecular complexity index is 873. The molecule has 0 atom stereocenters. The van der Waals surface area contributed by atoms with Crippen LogP contribution in [0.5, 0.6) is 5.75 Å². The predicted molar refractivity (Wildman–Crippen MR) is 87.1 cm³/mol. The molecule has 0 amide bonds. The normalized spacial score (nSPS) is 11.5. The molecule has 3 aromatic rings. The number of hydrogen-bond acceptors (Lipinski definition) is 2. The van der Waals surface area contributed by atoms with Gasteiger partial charge in [-0.25, -0.2) is 4.39 Å². The molecule has 3 aromatic carbocycles. The lowest BCUT2D eigenvalue weighted by molar-refractivity contribution is 0.415. The Morgan fingerprint density at radius 2 is 1.41 bits per heavy atom. The molecule has 0 radical (unpaired) electrons. The lowest BCUT2D eigenvalue weighted by Gasteiger charge is -2.11. The summed E-state index contributed by atoms with van der Waals surface area (Å²) in [6.07, 6.45) is 0. The quantitative estimate of drug-likeness (QED) is 0.519. The molecule has 0 saturated carbocycles. The summed E-state index contributed by atoms with van der Waals surface area (Å²) < 4.78 is 19.0. The standard InChI is InChI=1S/C19H14FNO/c1-22-13-7-9-17-15-5-3-2-4-14(15)16-8-6-12(20)10-18(16)21-19(17)11-13/h2-11,21H,1H3. The zero-order chi connectivity index (χ0) is 15.1. The van der Waals surface area contributed by atoms with Crippen molar-refractivity contribution in [2.75, 3.05) is 12.4 Å². The molecule has 0 unspecified atom stereocenters.